The molecule has 2 aromatic carbocycles. The zero-order chi connectivity index (χ0) is 18.6. The van der Waals surface area contributed by atoms with Crippen molar-refractivity contribution in [2.24, 2.45) is 0 Å². The lowest BCUT2D eigenvalue weighted by Crippen LogP contribution is -2.51. The number of hydrogen-bond acceptors (Lipinski definition) is 4. The summed E-state index contributed by atoms with van der Waals surface area (Å²) in [5, 5.41) is 0. The van der Waals surface area contributed by atoms with Crippen LogP contribution in [-0.4, -0.2) is 54.1 Å². The van der Waals surface area contributed by atoms with Gasteiger partial charge in [0.05, 0.1) is 0 Å². The molecule has 2 atom stereocenters. The van der Waals surface area contributed by atoms with Crippen molar-refractivity contribution in [2.45, 2.75) is 32.1 Å². The lowest BCUT2D eigenvalue weighted by molar-refractivity contribution is -0.144. The number of rotatable bonds is 3. The highest BCUT2D eigenvalue weighted by atomic mass is 16.6. The van der Waals surface area contributed by atoms with Crippen molar-refractivity contribution in [3.63, 3.8) is 0 Å². The first-order valence-electron chi connectivity index (χ1n) is 9.68. The van der Waals surface area contributed by atoms with Gasteiger partial charge in [-0.3, -0.25) is 9.69 Å². The van der Waals surface area contributed by atoms with Crippen LogP contribution in [0.3, 0.4) is 0 Å². The molecule has 5 heteroatoms. The van der Waals surface area contributed by atoms with E-state index in [1.807, 2.05) is 42.2 Å². The van der Waals surface area contributed by atoms with Crippen molar-refractivity contribution < 1.29 is 14.3 Å². The van der Waals surface area contributed by atoms with Crippen LogP contribution in [0.1, 0.15) is 18.9 Å². The molecular weight excluding hydrogens is 340 g/mol. The first kappa shape index (κ1) is 17.9. The number of amides is 1. The molecule has 2 heterocycles. The number of nitrogens with zero attached hydrogens (tertiary/aromatic N) is 2. The van der Waals surface area contributed by atoms with E-state index in [0.29, 0.717) is 11.5 Å². The van der Waals surface area contributed by atoms with Crippen LogP contribution in [0, 0.1) is 0 Å². The molecular formula is C22H26N2O3. The molecule has 0 N–H and O–H groups in total. The standard InChI is InChI=1S/C22H26N2O3/c1-17-21(27-20-11-6-5-10-19(20)26-17)22(25)24-13-7-12-23(14-15-24)16-18-8-3-2-4-9-18/h2-6,8-11,17,21H,7,12-16H2,1H3/t17-,21-/m1/s1. The molecule has 0 unspecified atom stereocenters. The van der Waals surface area contributed by atoms with Crippen LogP contribution in [0.2, 0.25) is 0 Å². The zero-order valence-electron chi connectivity index (χ0n) is 15.7. The van der Waals surface area contributed by atoms with Gasteiger partial charge in [-0.2, -0.15) is 0 Å². The molecule has 142 valence electrons. The van der Waals surface area contributed by atoms with Crippen LogP contribution in [0.4, 0.5) is 0 Å². The molecule has 2 aliphatic rings. The van der Waals surface area contributed by atoms with E-state index in [0.717, 1.165) is 39.1 Å². The van der Waals surface area contributed by atoms with E-state index in [9.17, 15) is 4.79 Å². The average Bonchev–Trinajstić information content (AvgIpc) is 2.93. The molecule has 0 spiro atoms. The number of carbonyl (C=O) groups excluding carboxylic acids is 1. The Kier molecular flexibility index (Phi) is 5.30. The smallest absolute Gasteiger partial charge is 0.267 e. The molecule has 0 bridgehead atoms. The molecule has 1 amide bonds. The number of fused-ring (bicyclic) bond motifs is 1. The maximum absolute atomic E-state index is 13.1. The van der Waals surface area contributed by atoms with Crippen LogP contribution in [0.5, 0.6) is 11.5 Å². The second-order valence-corrected chi connectivity index (χ2v) is 7.25. The van der Waals surface area contributed by atoms with Gasteiger partial charge < -0.3 is 14.4 Å². The first-order chi connectivity index (χ1) is 13.2. The van der Waals surface area contributed by atoms with Crippen LogP contribution in [0.15, 0.2) is 54.6 Å². The van der Waals surface area contributed by atoms with E-state index in [2.05, 4.69) is 29.2 Å². The summed E-state index contributed by atoms with van der Waals surface area (Å²) in [6.45, 7) is 6.18. The number of benzene rings is 2. The summed E-state index contributed by atoms with van der Waals surface area (Å²) in [6, 6.07) is 18.0. The third-order valence-electron chi connectivity index (χ3n) is 5.23. The van der Waals surface area contributed by atoms with Gasteiger partial charge in [0.1, 0.15) is 6.10 Å². The highest BCUT2D eigenvalue weighted by Crippen LogP contribution is 2.34. The number of para-hydroxylation sites is 2. The summed E-state index contributed by atoms with van der Waals surface area (Å²) >= 11 is 0. The number of ether oxygens (including phenoxy) is 2. The largest absolute Gasteiger partial charge is 0.482 e. The molecule has 0 aromatic heterocycles. The maximum Gasteiger partial charge on any atom is 0.267 e. The quantitative estimate of drug-likeness (QED) is 0.838. The van der Waals surface area contributed by atoms with Crippen molar-refractivity contribution >= 4 is 5.91 Å². The molecule has 2 aliphatic heterocycles. The molecule has 1 fully saturated rings. The molecule has 0 aliphatic carbocycles. The second-order valence-electron chi connectivity index (χ2n) is 7.25. The van der Waals surface area contributed by atoms with E-state index in [1.165, 1.54) is 5.56 Å². The van der Waals surface area contributed by atoms with Crippen molar-refractivity contribution in [2.75, 3.05) is 26.2 Å². The van der Waals surface area contributed by atoms with E-state index in [1.54, 1.807) is 0 Å². The maximum atomic E-state index is 13.1. The summed E-state index contributed by atoms with van der Waals surface area (Å²) < 4.78 is 11.9. The molecule has 0 saturated carbocycles. The lowest BCUT2D eigenvalue weighted by Gasteiger charge is -2.34. The Morgan fingerprint density at radius 3 is 2.41 bits per heavy atom. The van der Waals surface area contributed by atoms with Crippen molar-refractivity contribution in [3.05, 3.63) is 60.2 Å². The average molecular weight is 366 g/mol. The van der Waals surface area contributed by atoms with Gasteiger partial charge in [0.2, 0.25) is 6.10 Å². The Hall–Kier alpha value is -2.53. The van der Waals surface area contributed by atoms with E-state index < -0.39 is 6.10 Å². The SMILES string of the molecule is C[C@H]1Oc2ccccc2O[C@H]1C(=O)N1CCCN(Cc2ccccc2)CC1. The molecule has 1 saturated heterocycles. The normalized spacial score (nSPS) is 22.9. The highest BCUT2D eigenvalue weighted by Gasteiger charge is 2.37. The van der Waals surface area contributed by atoms with Gasteiger partial charge in [0, 0.05) is 32.7 Å². The Morgan fingerprint density at radius 2 is 1.63 bits per heavy atom. The minimum absolute atomic E-state index is 0.0264. The van der Waals surface area contributed by atoms with Gasteiger partial charge in [-0.05, 0) is 31.0 Å². The van der Waals surface area contributed by atoms with Crippen molar-refractivity contribution in [1.82, 2.24) is 9.80 Å². The van der Waals surface area contributed by atoms with Gasteiger partial charge >= 0.3 is 0 Å². The molecule has 5 nitrogen and oxygen atoms in total. The van der Waals surface area contributed by atoms with Crippen molar-refractivity contribution in [1.29, 1.82) is 0 Å². The lowest BCUT2D eigenvalue weighted by atomic mass is 10.1. The second kappa shape index (κ2) is 8.01. The number of hydrogen-bond donors (Lipinski definition) is 0. The van der Waals surface area contributed by atoms with Gasteiger partial charge in [-0.15, -0.1) is 0 Å². The molecule has 4 rings (SSSR count). The van der Waals surface area contributed by atoms with Gasteiger partial charge in [0.25, 0.3) is 5.91 Å². The van der Waals surface area contributed by atoms with E-state index in [-0.39, 0.29) is 12.0 Å². The van der Waals surface area contributed by atoms with E-state index >= 15 is 0 Å². The Bertz CT molecular complexity index is 780. The summed E-state index contributed by atoms with van der Waals surface area (Å²) in [5.41, 5.74) is 1.31. The monoisotopic (exact) mass is 366 g/mol. The predicted octanol–water partition coefficient (Wildman–Crippen LogP) is 2.95. The minimum atomic E-state index is -0.583. The number of carbonyl (C=O) groups is 1. The highest BCUT2D eigenvalue weighted by molar-refractivity contribution is 5.82. The van der Waals surface area contributed by atoms with Crippen LogP contribution in [0.25, 0.3) is 0 Å². The Labute approximate surface area is 160 Å². The first-order valence-corrected chi connectivity index (χ1v) is 9.68. The van der Waals surface area contributed by atoms with Crippen LogP contribution in [-0.2, 0) is 11.3 Å². The van der Waals surface area contributed by atoms with E-state index in [4.69, 9.17) is 9.47 Å². The topological polar surface area (TPSA) is 42.0 Å². The molecule has 27 heavy (non-hydrogen) atoms. The predicted molar refractivity (Wildman–Crippen MR) is 104 cm³/mol. The van der Waals surface area contributed by atoms with Gasteiger partial charge in [-0.25, -0.2) is 0 Å². The van der Waals surface area contributed by atoms with Gasteiger partial charge in [0.15, 0.2) is 11.5 Å². The molecule has 2 aromatic rings. The summed E-state index contributed by atoms with van der Waals surface area (Å²) in [7, 11) is 0. The van der Waals surface area contributed by atoms with Gasteiger partial charge in [-0.1, -0.05) is 42.5 Å². The van der Waals surface area contributed by atoms with Crippen LogP contribution < -0.4 is 9.47 Å². The fourth-order valence-corrected chi connectivity index (χ4v) is 3.76. The Morgan fingerprint density at radius 1 is 0.926 bits per heavy atom. The zero-order valence-corrected chi connectivity index (χ0v) is 15.7. The fraction of sp³-hybridized carbons (Fsp3) is 0.409. The minimum Gasteiger partial charge on any atom is -0.482 e. The van der Waals surface area contributed by atoms with Crippen molar-refractivity contribution in [3.8, 4) is 11.5 Å². The summed E-state index contributed by atoms with van der Waals surface area (Å²) in [5.74, 6) is 1.38. The summed E-state index contributed by atoms with van der Waals surface area (Å²) in [4.78, 5) is 17.4. The third kappa shape index (κ3) is 4.08. The third-order valence-corrected chi connectivity index (χ3v) is 5.23. The molecule has 0 radical (unpaired) electrons. The Balaban J connectivity index is 1.38. The summed E-state index contributed by atoms with van der Waals surface area (Å²) in [6.07, 6.45) is 0.0913. The fourth-order valence-electron chi connectivity index (χ4n) is 3.76. The van der Waals surface area contributed by atoms with Crippen LogP contribution >= 0.6 is 0 Å².